The SMILES string of the molecule is CC1(CO)CCN(C2CCCC2)C1. The maximum atomic E-state index is 9.26. The predicted molar refractivity (Wildman–Crippen MR) is 53.6 cm³/mol. The Morgan fingerprint density at radius 3 is 2.62 bits per heavy atom. The Hall–Kier alpha value is -0.0800. The predicted octanol–water partition coefficient (Wildman–Crippen LogP) is 1.63. The average Bonchev–Trinajstić information content (AvgIpc) is 2.73. The Labute approximate surface area is 80.9 Å². The fourth-order valence-corrected chi connectivity index (χ4v) is 2.77. The average molecular weight is 183 g/mol. The van der Waals surface area contributed by atoms with Gasteiger partial charge in [0.2, 0.25) is 0 Å². The molecule has 1 atom stereocenters. The van der Waals surface area contributed by atoms with Gasteiger partial charge in [-0.05, 0) is 25.8 Å². The second kappa shape index (κ2) is 3.58. The Balaban J connectivity index is 1.90. The van der Waals surface area contributed by atoms with E-state index in [1.165, 1.54) is 38.6 Å². The first kappa shape index (κ1) is 9.47. The first-order valence-electron chi connectivity index (χ1n) is 5.58. The van der Waals surface area contributed by atoms with Crippen LogP contribution in [0.5, 0.6) is 0 Å². The van der Waals surface area contributed by atoms with Crippen LogP contribution >= 0.6 is 0 Å². The molecule has 1 N–H and O–H groups in total. The zero-order valence-corrected chi connectivity index (χ0v) is 8.63. The summed E-state index contributed by atoms with van der Waals surface area (Å²) in [6, 6.07) is 0.841. The Morgan fingerprint density at radius 1 is 1.38 bits per heavy atom. The summed E-state index contributed by atoms with van der Waals surface area (Å²) in [6.45, 7) is 4.90. The van der Waals surface area contributed by atoms with E-state index in [9.17, 15) is 5.11 Å². The number of nitrogens with zero attached hydrogens (tertiary/aromatic N) is 1. The molecule has 0 aromatic carbocycles. The monoisotopic (exact) mass is 183 g/mol. The highest BCUT2D eigenvalue weighted by Gasteiger charge is 2.36. The summed E-state index contributed by atoms with van der Waals surface area (Å²) < 4.78 is 0. The van der Waals surface area contributed by atoms with E-state index >= 15 is 0 Å². The van der Waals surface area contributed by atoms with E-state index in [2.05, 4.69) is 11.8 Å². The van der Waals surface area contributed by atoms with Gasteiger partial charge in [-0.3, -0.25) is 4.90 Å². The summed E-state index contributed by atoms with van der Waals surface area (Å²) in [7, 11) is 0. The second-order valence-corrected chi connectivity index (χ2v) is 5.13. The summed E-state index contributed by atoms with van der Waals surface area (Å²) in [4.78, 5) is 2.60. The maximum absolute atomic E-state index is 9.26. The summed E-state index contributed by atoms with van der Waals surface area (Å²) in [6.07, 6.45) is 6.79. The molecule has 1 heterocycles. The normalized spacial score (nSPS) is 37.4. The second-order valence-electron chi connectivity index (χ2n) is 5.13. The van der Waals surface area contributed by atoms with Crippen molar-refractivity contribution < 1.29 is 5.11 Å². The lowest BCUT2D eigenvalue weighted by atomic mass is 9.91. The van der Waals surface area contributed by atoms with Crippen molar-refractivity contribution in [2.24, 2.45) is 5.41 Å². The van der Waals surface area contributed by atoms with Crippen molar-refractivity contribution in [2.75, 3.05) is 19.7 Å². The summed E-state index contributed by atoms with van der Waals surface area (Å²) in [5.41, 5.74) is 0.197. The van der Waals surface area contributed by atoms with E-state index in [1.807, 2.05) is 0 Å². The van der Waals surface area contributed by atoms with Crippen LogP contribution in [0.15, 0.2) is 0 Å². The zero-order valence-electron chi connectivity index (χ0n) is 8.63. The van der Waals surface area contributed by atoms with Gasteiger partial charge in [0.05, 0.1) is 0 Å². The number of rotatable bonds is 2. The number of hydrogen-bond acceptors (Lipinski definition) is 2. The quantitative estimate of drug-likeness (QED) is 0.703. The van der Waals surface area contributed by atoms with Crippen LogP contribution in [0.1, 0.15) is 39.0 Å². The van der Waals surface area contributed by atoms with Crippen molar-refractivity contribution in [3.8, 4) is 0 Å². The van der Waals surface area contributed by atoms with E-state index in [4.69, 9.17) is 0 Å². The number of aliphatic hydroxyl groups excluding tert-OH is 1. The zero-order chi connectivity index (χ0) is 9.31. The molecule has 2 nitrogen and oxygen atoms in total. The third-order valence-electron chi connectivity index (χ3n) is 3.81. The number of hydrogen-bond donors (Lipinski definition) is 1. The molecule has 1 saturated heterocycles. The lowest BCUT2D eigenvalue weighted by molar-refractivity contribution is 0.134. The molecule has 1 unspecified atom stereocenters. The molecule has 0 aromatic heterocycles. The molecule has 0 amide bonds. The minimum Gasteiger partial charge on any atom is -0.396 e. The topological polar surface area (TPSA) is 23.5 Å². The van der Waals surface area contributed by atoms with Crippen molar-refractivity contribution in [3.05, 3.63) is 0 Å². The summed E-state index contributed by atoms with van der Waals surface area (Å²) in [5, 5.41) is 9.26. The molecule has 0 bridgehead atoms. The maximum Gasteiger partial charge on any atom is 0.0497 e. The van der Waals surface area contributed by atoms with Crippen LogP contribution in [0.2, 0.25) is 0 Å². The lowest BCUT2D eigenvalue weighted by Crippen LogP contribution is -2.34. The summed E-state index contributed by atoms with van der Waals surface area (Å²) >= 11 is 0. The van der Waals surface area contributed by atoms with Crippen molar-refractivity contribution >= 4 is 0 Å². The van der Waals surface area contributed by atoms with Crippen LogP contribution in [0, 0.1) is 5.41 Å². The standard InChI is InChI=1S/C11H21NO/c1-11(9-13)6-7-12(8-11)10-4-2-3-5-10/h10,13H,2-9H2,1H3. The Bertz CT molecular complexity index is 177. The van der Waals surface area contributed by atoms with Gasteiger partial charge in [-0.2, -0.15) is 0 Å². The molecule has 2 aliphatic rings. The van der Waals surface area contributed by atoms with Gasteiger partial charge in [0.1, 0.15) is 0 Å². The molecule has 2 heteroatoms. The van der Waals surface area contributed by atoms with Gasteiger partial charge in [-0.1, -0.05) is 19.8 Å². The fraction of sp³-hybridized carbons (Fsp3) is 1.00. The van der Waals surface area contributed by atoms with Crippen molar-refractivity contribution in [3.63, 3.8) is 0 Å². The first-order chi connectivity index (χ1) is 6.23. The number of likely N-dealkylation sites (tertiary alicyclic amines) is 1. The molecule has 0 radical (unpaired) electrons. The van der Waals surface area contributed by atoms with Crippen LogP contribution in [-0.4, -0.2) is 35.7 Å². The lowest BCUT2D eigenvalue weighted by Gasteiger charge is -2.26. The molecule has 0 aromatic rings. The smallest absolute Gasteiger partial charge is 0.0497 e. The van der Waals surface area contributed by atoms with Gasteiger partial charge in [0, 0.05) is 24.6 Å². The van der Waals surface area contributed by atoms with Crippen LogP contribution in [-0.2, 0) is 0 Å². The minimum absolute atomic E-state index is 0.197. The Kier molecular flexibility index (Phi) is 2.61. The molecule has 2 rings (SSSR count). The highest BCUT2D eigenvalue weighted by molar-refractivity contribution is 4.90. The van der Waals surface area contributed by atoms with E-state index in [0.29, 0.717) is 6.61 Å². The molecule has 2 fully saturated rings. The van der Waals surface area contributed by atoms with E-state index in [1.54, 1.807) is 0 Å². The fourth-order valence-electron chi connectivity index (χ4n) is 2.77. The summed E-state index contributed by atoms with van der Waals surface area (Å²) in [5.74, 6) is 0. The molecule has 1 aliphatic heterocycles. The third-order valence-corrected chi connectivity index (χ3v) is 3.81. The minimum atomic E-state index is 0.197. The van der Waals surface area contributed by atoms with Gasteiger partial charge in [-0.25, -0.2) is 0 Å². The first-order valence-corrected chi connectivity index (χ1v) is 5.58. The van der Waals surface area contributed by atoms with Gasteiger partial charge in [0.15, 0.2) is 0 Å². The molecule has 1 aliphatic carbocycles. The van der Waals surface area contributed by atoms with Gasteiger partial charge >= 0.3 is 0 Å². The molecule has 0 spiro atoms. The number of aliphatic hydroxyl groups is 1. The van der Waals surface area contributed by atoms with Gasteiger partial charge in [0.25, 0.3) is 0 Å². The van der Waals surface area contributed by atoms with E-state index in [0.717, 1.165) is 12.6 Å². The molecular formula is C11H21NO. The van der Waals surface area contributed by atoms with Crippen LogP contribution in [0.4, 0.5) is 0 Å². The van der Waals surface area contributed by atoms with Gasteiger partial charge in [-0.15, -0.1) is 0 Å². The molecule has 76 valence electrons. The Morgan fingerprint density at radius 2 is 2.08 bits per heavy atom. The highest BCUT2D eigenvalue weighted by atomic mass is 16.3. The molecule has 1 saturated carbocycles. The van der Waals surface area contributed by atoms with E-state index < -0.39 is 0 Å². The van der Waals surface area contributed by atoms with Crippen molar-refractivity contribution in [1.82, 2.24) is 4.90 Å². The third kappa shape index (κ3) is 1.89. The van der Waals surface area contributed by atoms with Crippen LogP contribution in [0.25, 0.3) is 0 Å². The van der Waals surface area contributed by atoms with E-state index in [-0.39, 0.29) is 5.41 Å². The largest absolute Gasteiger partial charge is 0.396 e. The molecule has 13 heavy (non-hydrogen) atoms. The highest BCUT2D eigenvalue weighted by Crippen LogP contribution is 2.34. The van der Waals surface area contributed by atoms with Crippen LogP contribution < -0.4 is 0 Å². The van der Waals surface area contributed by atoms with Gasteiger partial charge < -0.3 is 5.11 Å². The van der Waals surface area contributed by atoms with Crippen molar-refractivity contribution in [1.29, 1.82) is 0 Å². The van der Waals surface area contributed by atoms with Crippen LogP contribution in [0.3, 0.4) is 0 Å². The molecular weight excluding hydrogens is 162 g/mol. The van der Waals surface area contributed by atoms with Crippen molar-refractivity contribution in [2.45, 2.75) is 45.1 Å².